The molecule has 0 bridgehead atoms. The van der Waals surface area contributed by atoms with E-state index in [0.717, 1.165) is 48.2 Å². The number of rotatable bonds is 4. The second-order valence-electron chi connectivity index (χ2n) is 8.28. The molecule has 162 valence electrons. The third-order valence-electron chi connectivity index (χ3n) is 6.24. The fourth-order valence-electron chi connectivity index (χ4n) is 4.68. The van der Waals surface area contributed by atoms with Gasteiger partial charge in [-0.3, -0.25) is 4.79 Å². The monoisotopic (exact) mass is 427 g/mol. The van der Waals surface area contributed by atoms with Crippen molar-refractivity contribution in [1.82, 2.24) is 19.3 Å². The number of nitrogens with zero attached hydrogens (tertiary/aromatic N) is 6. The maximum atomic E-state index is 13.5. The molecule has 8 nitrogen and oxygen atoms in total. The number of benzene rings is 2. The largest absolute Gasteiger partial charge is 0.341 e. The Kier molecular flexibility index (Phi) is 5.11. The number of hydrogen-bond acceptors (Lipinski definition) is 6. The van der Waals surface area contributed by atoms with Crippen LogP contribution in [-0.4, -0.2) is 38.5 Å². The van der Waals surface area contributed by atoms with Gasteiger partial charge in [-0.15, -0.1) is 0 Å². The number of piperidine rings is 1. The van der Waals surface area contributed by atoms with Gasteiger partial charge in [0.1, 0.15) is 11.0 Å². The molecular weight excluding hydrogens is 402 g/mol. The smallest absolute Gasteiger partial charge is 0.293 e. The van der Waals surface area contributed by atoms with Crippen LogP contribution < -0.4 is 16.2 Å². The Morgan fingerprint density at radius 3 is 2.78 bits per heavy atom. The standard InChI is InChI=1S/C24H25N7O/c1-2-30-22-21(28-24(30)29-11-5-6-18(26)15-29)13-27-31(23(22)32)14-17-10-9-16(12-25)19-7-3-4-8-20(17)19/h3-4,7-10,13,18H,2,5-6,11,14-15,26H2,1H3/t18-/m1/s1. The van der Waals surface area contributed by atoms with E-state index in [4.69, 9.17) is 10.7 Å². The summed E-state index contributed by atoms with van der Waals surface area (Å²) in [6, 6.07) is 13.8. The zero-order chi connectivity index (χ0) is 22.2. The Balaban J connectivity index is 1.60. The van der Waals surface area contributed by atoms with Crippen molar-refractivity contribution >= 4 is 27.8 Å². The summed E-state index contributed by atoms with van der Waals surface area (Å²) in [4.78, 5) is 20.4. The summed E-state index contributed by atoms with van der Waals surface area (Å²) in [5.74, 6) is 0.790. The van der Waals surface area contributed by atoms with Crippen LogP contribution in [0, 0.1) is 11.3 Å². The zero-order valence-electron chi connectivity index (χ0n) is 18.0. The van der Waals surface area contributed by atoms with Gasteiger partial charge >= 0.3 is 0 Å². The Labute approximate surface area is 185 Å². The van der Waals surface area contributed by atoms with Crippen molar-refractivity contribution in [2.24, 2.45) is 5.73 Å². The quantitative estimate of drug-likeness (QED) is 0.537. The molecule has 2 aromatic heterocycles. The number of aryl methyl sites for hydroxylation is 1. The van der Waals surface area contributed by atoms with Crippen LogP contribution in [0.25, 0.3) is 21.8 Å². The lowest BCUT2D eigenvalue weighted by atomic mass is 10.00. The molecule has 32 heavy (non-hydrogen) atoms. The average molecular weight is 428 g/mol. The van der Waals surface area contributed by atoms with Gasteiger partial charge in [0.05, 0.1) is 24.4 Å². The van der Waals surface area contributed by atoms with E-state index in [2.05, 4.69) is 16.1 Å². The average Bonchev–Trinajstić information content (AvgIpc) is 3.20. The third-order valence-corrected chi connectivity index (χ3v) is 6.24. The van der Waals surface area contributed by atoms with E-state index < -0.39 is 0 Å². The summed E-state index contributed by atoms with van der Waals surface area (Å²) >= 11 is 0. The molecule has 1 atom stereocenters. The summed E-state index contributed by atoms with van der Waals surface area (Å²) < 4.78 is 3.46. The third kappa shape index (κ3) is 3.31. The van der Waals surface area contributed by atoms with Crippen LogP contribution in [0.4, 0.5) is 5.95 Å². The Morgan fingerprint density at radius 1 is 1.22 bits per heavy atom. The Bertz CT molecular complexity index is 1410. The molecule has 1 saturated heterocycles. The van der Waals surface area contributed by atoms with Gasteiger partial charge in [-0.1, -0.05) is 30.3 Å². The molecule has 1 fully saturated rings. The van der Waals surface area contributed by atoms with Gasteiger partial charge in [0.2, 0.25) is 5.95 Å². The minimum Gasteiger partial charge on any atom is -0.341 e. The van der Waals surface area contributed by atoms with Gasteiger partial charge in [0, 0.05) is 25.7 Å². The maximum Gasteiger partial charge on any atom is 0.293 e. The van der Waals surface area contributed by atoms with E-state index in [1.54, 1.807) is 12.3 Å². The number of aromatic nitrogens is 4. The van der Waals surface area contributed by atoms with E-state index in [0.29, 0.717) is 29.7 Å². The molecule has 3 heterocycles. The zero-order valence-corrected chi connectivity index (χ0v) is 18.0. The van der Waals surface area contributed by atoms with Crippen LogP contribution in [-0.2, 0) is 13.1 Å². The molecule has 2 aromatic carbocycles. The highest BCUT2D eigenvalue weighted by molar-refractivity contribution is 5.90. The predicted octanol–water partition coefficient (Wildman–Crippen LogP) is 2.61. The summed E-state index contributed by atoms with van der Waals surface area (Å²) in [5.41, 5.74) is 8.74. The van der Waals surface area contributed by atoms with Crippen molar-refractivity contribution < 1.29 is 0 Å². The normalized spacial score (nSPS) is 16.5. The highest BCUT2D eigenvalue weighted by Crippen LogP contribution is 2.25. The van der Waals surface area contributed by atoms with Gasteiger partial charge < -0.3 is 15.2 Å². The van der Waals surface area contributed by atoms with Crippen LogP contribution in [0.5, 0.6) is 0 Å². The highest BCUT2D eigenvalue weighted by atomic mass is 16.1. The molecule has 0 amide bonds. The van der Waals surface area contributed by atoms with Crippen molar-refractivity contribution in [1.29, 1.82) is 5.26 Å². The number of nitriles is 1. The van der Waals surface area contributed by atoms with Crippen molar-refractivity contribution in [3.63, 3.8) is 0 Å². The number of imidazole rings is 1. The van der Waals surface area contributed by atoms with Crippen molar-refractivity contribution in [3.8, 4) is 6.07 Å². The minimum absolute atomic E-state index is 0.119. The summed E-state index contributed by atoms with van der Waals surface area (Å²) in [6.45, 7) is 4.60. The number of nitrogens with two attached hydrogens (primary N) is 1. The predicted molar refractivity (Wildman–Crippen MR) is 125 cm³/mol. The molecule has 0 radical (unpaired) electrons. The minimum atomic E-state index is -0.169. The fourth-order valence-corrected chi connectivity index (χ4v) is 4.68. The van der Waals surface area contributed by atoms with E-state index in [-0.39, 0.29) is 11.6 Å². The first kappa shape index (κ1) is 20.2. The highest BCUT2D eigenvalue weighted by Gasteiger charge is 2.24. The van der Waals surface area contributed by atoms with Gasteiger partial charge in [-0.25, -0.2) is 9.67 Å². The summed E-state index contributed by atoms with van der Waals surface area (Å²) in [7, 11) is 0. The summed E-state index contributed by atoms with van der Waals surface area (Å²) in [5, 5.41) is 15.7. The van der Waals surface area contributed by atoms with Crippen molar-refractivity contribution in [2.45, 2.75) is 38.9 Å². The van der Waals surface area contributed by atoms with Crippen LogP contribution in [0.3, 0.4) is 0 Å². The number of fused-ring (bicyclic) bond motifs is 2. The van der Waals surface area contributed by atoms with E-state index in [1.807, 2.05) is 41.8 Å². The molecule has 0 spiro atoms. The molecule has 2 N–H and O–H groups in total. The second-order valence-corrected chi connectivity index (χ2v) is 8.28. The Hall–Kier alpha value is -3.70. The molecule has 0 saturated carbocycles. The first-order valence-electron chi connectivity index (χ1n) is 11.0. The topological polar surface area (TPSA) is 106 Å². The second kappa shape index (κ2) is 8.09. The van der Waals surface area contributed by atoms with E-state index in [1.165, 1.54) is 4.68 Å². The van der Waals surface area contributed by atoms with Crippen LogP contribution >= 0.6 is 0 Å². The van der Waals surface area contributed by atoms with Crippen LogP contribution in [0.2, 0.25) is 0 Å². The van der Waals surface area contributed by atoms with Gasteiger partial charge in [-0.05, 0) is 42.2 Å². The van der Waals surface area contributed by atoms with Gasteiger partial charge in [-0.2, -0.15) is 10.4 Å². The number of hydrogen-bond donors (Lipinski definition) is 1. The van der Waals surface area contributed by atoms with Crippen LogP contribution in [0.15, 0.2) is 47.4 Å². The molecule has 0 aliphatic carbocycles. The first-order valence-corrected chi connectivity index (χ1v) is 11.0. The SMILES string of the molecule is CCn1c(N2CCC[C@@H](N)C2)nc2cnn(Cc3ccc(C#N)c4ccccc34)c(=O)c21. The lowest BCUT2D eigenvalue weighted by Gasteiger charge is -2.31. The van der Waals surface area contributed by atoms with Crippen molar-refractivity contribution in [2.75, 3.05) is 18.0 Å². The maximum absolute atomic E-state index is 13.5. The molecule has 8 heteroatoms. The summed E-state index contributed by atoms with van der Waals surface area (Å²) in [6.07, 6.45) is 3.69. The molecular formula is C24H25N7O. The number of anilines is 1. The van der Waals surface area contributed by atoms with Crippen LogP contribution in [0.1, 0.15) is 30.9 Å². The molecule has 1 aliphatic rings. The molecule has 4 aromatic rings. The van der Waals surface area contributed by atoms with E-state index in [9.17, 15) is 10.1 Å². The lowest BCUT2D eigenvalue weighted by Crippen LogP contribution is -2.44. The fraction of sp³-hybridized carbons (Fsp3) is 0.333. The Morgan fingerprint density at radius 2 is 2.03 bits per heavy atom. The molecule has 0 unspecified atom stereocenters. The molecule has 5 rings (SSSR count). The van der Waals surface area contributed by atoms with E-state index >= 15 is 0 Å². The molecule has 1 aliphatic heterocycles. The van der Waals surface area contributed by atoms with Gasteiger partial charge in [0.25, 0.3) is 5.56 Å². The first-order chi connectivity index (χ1) is 15.6. The van der Waals surface area contributed by atoms with Gasteiger partial charge in [0.15, 0.2) is 0 Å². The van der Waals surface area contributed by atoms with Crippen molar-refractivity contribution in [3.05, 3.63) is 64.1 Å². The lowest BCUT2D eigenvalue weighted by molar-refractivity contribution is 0.494.